The fourth-order valence-corrected chi connectivity index (χ4v) is 1.35. The van der Waals surface area contributed by atoms with Crippen molar-refractivity contribution in [2.75, 3.05) is 27.3 Å². The van der Waals surface area contributed by atoms with Crippen molar-refractivity contribution in [1.82, 2.24) is 10.2 Å². The van der Waals surface area contributed by atoms with Gasteiger partial charge in [0, 0.05) is 33.4 Å². The Kier molecular flexibility index (Phi) is 4.02. The molecule has 1 fully saturated rings. The topological polar surface area (TPSA) is 41.6 Å². The number of nitrogens with one attached hydrogen (secondary N) is 1. The van der Waals surface area contributed by atoms with E-state index in [9.17, 15) is 4.79 Å². The number of hydrogen-bond acceptors (Lipinski definition) is 2. The number of carbonyl (C=O) groups is 1. The third-order valence-corrected chi connectivity index (χ3v) is 2.19. The Hall–Kier alpha value is -0.770. The van der Waals surface area contributed by atoms with Crippen LogP contribution in [0.5, 0.6) is 0 Å². The summed E-state index contributed by atoms with van der Waals surface area (Å²) in [6.45, 7) is 1.59. The zero-order chi connectivity index (χ0) is 9.68. The van der Waals surface area contributed by atoms with Crippen molar-refractivity contribution >= 4 is 6.03 Å². The molecule has 1 saturated heterocycles. The summed E-state index contributed by atoms with van der Waals surface area (Å²) < 4.78 is 5.30. The van der Waals surface area contributed by atoms with Crippen LogP contribution in [-0.2, 0) is 4.74 Å². The normalized spacial score (nSPS) is 23.4. The van der Waals surface area contributed by atoms with Crippen molar-refractivity contribution < 1.29 is 9.53 Å². The fourth-order valence-electron chi connectivity index (χ4n) is 1.35. The highest BCUT2D eigenvalue weighted by Gasteiger charge is 2.15. The van der Waals surface area contributed by atoms with Crippen LogP contribution in [0.2, 0.25) is 0 Å². The Morgan fingerprint density at radius 3 is 2.85 bits per heavy atom. The van der Waals surface area contributed by atoms with Gasteiger partial charge < -0.3 is 15.0 Å². The van der Waals surface area contributed by atoms with Gasteiger partial charge in [0.15, 0.2) is 0 Å². The SMILES string of the molecule is CN(C)C(=O)NC1CCCOCC1. The molecule has 0 aromatic carbocycles. The molecular formula is C9H18N2O2. The van der Waals surface area contributed by atoms with Crippen molar-refractivity contribution in [2.24, 2.45) is 0 Å². The fraction of sp³-hybridized carbons (Fsp3) is 0.889. The monoisotopic (exact) mass is 186 g/mol. The van der Waals surface area contributed by atoms with Crippen LogP contribution < -0.4 is 5.32 Å². The van der Waals surface area contributed by atoms with Gasteiger partial charge in [-0.1, -0.05) is 0 Å². The van der Waals surface area contributed by atoms with Crippen molar-refractivity contribution in [2.45, 2.75) is 25.3 Å². The predicted molar refractivity (Wildman–Crippen MR) is 50.7 cm³/mol. The first kappa shape index (κ1) is 10.3. The molecule has 1 heterocycles. The van der Waals surface area contributed by atoms with Crippen LogP contribution in [0.3, 0.4) is 0 Å². The van der Waals surface area contributed by atoms with Crippen molar-refractivity contribution in [3.8, 4) is 0 Å². The second kappa shape index (κ2) is 5.07. The van der Waals surface area contributed by atoms with Crippen LogP contribution in [0.15, 0.2) is 0 Å². The Morgan fingerprint density at radius 2 is 2.15 bits per heavy atom. The first-order valence-corrected chi connectivity index (χ1v) is 4.75. The summed E-state index contributed by atoms with van der Waals surface area (Å²) in [5, 5.41) is 2.97. The van der Waals surface area contributed by atoms with E-state index in [0.29, 0.717) is 0 Å². The largest absolute Gasteiger partial charge is 0.381 e. The summed E-state index contributed by atoms with van der Waals surface area (Å²) in [6.07, 6.45) is 3.00. The van der Waals surface area contributed by atoms with Gasteiger partial charge in [0.2, 0.25) is 0 Å². The molecule has 2 amide bonds. The molecule has 76 valence electrons. The van der Waals surface area contributed by atoms with Crippen LogP contribution in [0.25, 0.3) is 0 Å². The molecule has 1 atom stereocenters. The van der Waals surface area contributed by atoms with Crippen LogP contribution in [0, 0.1) is 0 Å². The molecule has 0 aromatic heterocycles. The number of hydrogen-bond donors (Lipinski definition) is 1. The van der Waals surface area contributed by atoms with Gasteiger partial charge in [0.1, 0.15) is 0 Å². The van der Waals surface area contributed by atoms with E-state index in [1.54, 1.807) is 19.0 Å². The lowest BCUT2D eigenvalue weighted by atomic mass is 10.1. The zero-order valence-corrected chi connectivity index (χ0v) is 8.38. The maximum atomic E-state index is 11.3. The smallest absolute Gasteiger partial charge is 0.317 e. The van der Waals surface area contributed by atoms with E-state index in [1.807, 2.05) is 0 Å². The Morgan fingerprint density at radius 1 is 1.38 bits per heavy atom. The van der Waals surface area contributed by atoms with Crippen LogP contribution >= 0.6 is 0 Å². The van der Waals surface area contributed by atoms with E-state index in [1.165, 1.54) is 0 Å². The molecular weight excluding hydrogens is 168 g/mol. The molecule has 4 heteroatoms. The van der Waals surface area contributed by atoms with E-state index >= 15 is 0 Å². The molecule has 1 aliphatic heterocycles. The van der Waals surface area contributed by atoms with Crippen molar-refractivity contribution in [3.63, 3.8) is 0 Å². The maximum Gasteiger partial charge on any atom is 0.317 e. The molecule has 0 spiro atoms. The molecule has 1 N–H and O–H groups in total. The minimum atomic E-state index is -0.00750. The van der Waals surface area contributed by atoms with Crippen molar-refractivity contribution in [1.29, 1.82) is 0 Å². The summed E-state index contributed by atoms with van der Waals surface area (Å²) in [7, 11) is 3.51. The standard InChI is InChI=1S/C9H18N2O2/c1-11(2)9(12)10-8-4-3-6-13-7-5-8/h8H,3-7H2,1-2H3,(H,10,12). The second-order valence-electron chi connectivity index (χ2n) is 3.58. The number of amides is 2. The van der Waals surface area contributed by atoms with Gasteiger partial charge in [-0.15, -0.1) is 0 Å². The summed E-state index contributed by atoms with van der Waals surface area (Å²) in [5.41, 5.74) is 0. The first-order chi connectivity index (χ1) is 6.20. The lowest BCUT2D eigenvalue weighted by Crippen LogP contribution is -2.41. The Bertz CT molecular complexity index is 163. The molecule has 0 radical (unpaired) electrons. The minimum Gasteiger partial charge on any atom is -0.381 e. The molecule has 0 saturated carbocycles. The molecule has 1 rings (SSSR count). The number of rotatable bonds is 1. The summed E-state index contributed by atoms with van der Waals surface area (Å²) >= 11 is 0. The second-order valence-corrected chi connectivity index (χ2v) is 3.58. The first-order valence-electron chi connectivity index (χ1n) is 4.75. The van der Waals surface area contributed by atoms with E-state index in [2.05, 4.69) is 5.32 Å². The molecule has 1 unspecified atom stereocenters. The molecule has 4 nitrogen and oxygen atoms in total. The highest BCUT2D eigenvalue weighted by molar-refractivity contribution is 5.73. The van der Waals surface area contributed by atoms with E-state index in [0.717, 1.165) is 32.5 Å². The highest BCUT2D eigenvalue weighted by Crippen LogP contribution is 2.07. The van der Waals surface area contributed by atoms with Gasteiger partial charge >= 0.3 is 6.03 Å². The lowest BCUT2D eigenvalue weighted by molar-refractivity contribution is 0.142. The minimum absolute atomic E-state index is 0.00750. The highest BCUT2D eigenvalue weighted by atomic mass is 16.5. The number of urea groups is 1. The van der Waals surface area contributed by atoms with Gasteiger partial charge in [-0.05, 0) is 19.3 Å². The Labute approximate surface area is 79.2 Å². The third-order valence-electron chi connectivity index (χ3n) is 2.19. The van der Waals surface area contributed by atoms with Gasteiger partial charge in [-0.2, -0.15) is 0 Å². The average Bonchev–Trinajstić information content (AvgIpc) is 2.32. The van der Waals surface area contributed by atoms with Gasteiger partial charge in [0.05, 0.1) is 0 Å². The molecule has 13 heavy (non-hydrogen) atoms. The van der Waals surface area contributed by atoms with Crippen LogP contribution in [0.1, 0.15) is 19.3 Å². The summed E-state index contributed by atoms with van der Waals surface area (Å²) in [5.74, 6) is 0. The van der Waals surface area contributed by atoms with E-state index in [4.69, 9.17) is 4.74 Å². The zero-order valence-electron chi connectivity index (χ0n) is 8.38. The van der Waals surface area contributed by atoms with Gasteiger partial charge in [-0.25, -0.2) is 4.79 Å². The summed E-state index contributed by atoms with van der Waals surface area (Å²) in [4.78, 5) is 12.9. The van der Waals surface area contributed by atoms with E-state index < -0.39 is 0 Å². The quantitative estimate of drug-likeness (QED) is 0.659. The predicted octanol–water partition coefficient (Wildman–Crippen LogP) is 0.827. The van der Waals surface area contributed by atoms with Gasteiger partial charge in [0.25, 0.3) is 0 Å². The Balaban J connectivity index is 2.29. The number of nitrogens with zero attached hydrogens (tertiary/aromatic N) is 1. The molecule has 0 bridgehead atoms. The van der Waals surface area contributed by atoms with Crippen LogP contribution in [0.4, 0.5) is 4.79 Å². The molecule has 1 aliphatic rings. The van der Waals surface area contributed by atoms with Crippen molar-refractivity contribution in [3.05, 3.63) is 0 Å². The van der Waals surface area contributed by atoms with Gasteiger partial charge in [-0.3, -0.25) is 0 Å². The maximum absolute atomic E-state index is 11.3. The number of ether oxygens (including phenoxy) is 1. The average molecular weight is 186 g/mol. The lowest BCUT2D eigenvalue weighted by Gasteiger charge is -2.19. The van der Waals surface area contributed by atoms with E-state index in [-0.39, 0.29) is 12.1 Å². The molecule has 0 aromatic rings. The van der Waals surface area contributed by atoms with Crippen LogP contribution in [-0.4, -0.2) is 44.3 Å². The number of carbonyl (C=O) groups excluding carboxylic acids is 1. The molecule has 0 aliphatic carbocycles. The third kappa shape index (κ3) is 3.63. The summed E-state index contributed by atoms with van der Waals surface area (Å²) in [6, 6.07) is 0.282.